The first-order valence-electron chi connectivity index (χ1n) is 11.3. The summed E-state index contributed by atoms with van der Waals surface area (Å²) in [7, 11) is -13.3. The summed E-state index contributed by atoms with van der Waals surface area (Å²) in [4.78, 5) is 59.1. The topological polar surface area (TPSA) is 210 Å². The maximum atomic E-state index is 11.2. The average molecular weight is 595 g/mol. The van der Waals surface area contributed by atoms with Crippen molar-refractivity contribution < 1.29 is 47.3 Å². The summed E-state index contributed by atoms with van der Waals surface area (Å²) in [5.41, 5.74) is 0. The molecule has 0 bridgehead atoms. The van der Waals surface area contributed by atoms with Crippen molar-refractivity contribution in [3.8, 4) is 0 Å². The van der Waals surface area contributed by atoms with E-state index in [2.05, 4.69) is 0 Å². The van der Waals surface area contributed by atoms with Crippen LogP contribution in [0.1, 0.15) is 51.4 Å². The van der Waals surface area contributed by atoms with Gasteiger partial charge < -0.3 is 24.5 Å². The third kappa shape index (κ3) is 24.3. The second-order valence-corrected chi connectivity index (χ2v) is 12.8. The van der Waals surface area contributed by atoms with Crippen LogP contribution in [0.25, 0.3) is 0 Å². The van der Waals surface area contributed by atoms with Gasteiger partial charge in [0, 0.05) is 26.2 Å². The van der Waals surface area contributed by atoms with Gasteiger partial charge in [-0.15, -0.1) is 0 Å². The Morgan fingerprint density at radius 1 is 0.343 bits per heavy atom. The molecule has 5 unspecified atom stereocenters. The molecule has 5 atom stereocenters. The van der Waals surface area contributed by atoms with E-state index in [0.717, 1.165) is 38.5 Å². The molecule has 0 aliphatic carbocycles. The lowest BCUT2D eigenvalue weighted by Gasteiger charge is -2.18. The molecule has 35 heavy (non-hydrogen) atoms. The van der Waals surface area contributed by atoms with Gasteiger partial charge in [-0.05, 0) is 25.7 Å². The number of nitrogens with zero attached hydrogens (tertiary/aromatic N) is 3. The lowest BCUT2D eigenvalue weighted by molar-refractivity contribution is -0.170. The maximum absolute atomic E-state index is 11.2. The number of unbranched alkanes of at least 4 members (excludes halogenated alkanes) is 6. The second kappa shape index (κ2) is 22.2. The minimum absolute atomic E-state index is 0.0446. The first kappa shape index (κ1) is 35.2. The van der Waals surface area contributed by atoms with Gasteiger partial charge in [0.25, 0.3) is 0 Å². The van der Waals surface area contributed by atoms with Gasteiger partial charge in [-0.1, -0.05) is 48.5 Å². The molecular weight excluding hydrogens is 561 g/mol. The van der Waals surface area contributed by atoms with E-state index in [1.807, 2.05) is 4.90 Å². The molecule has 0 amide bonds. The van der Waals surface area contributed by atoms with Crippen LogP contribution in [0.2, 0.25) is 0 Å². The van der Waals surface area contributed by atoms with E-state index in [-0.39, 0.29) is 31.4 Å². The Bertz CT molecular complexity index is 611. The number of rotatable bonds is 24. The van der Waals surface area contributed by atoms with E-state index in [1.54, 1.807) is 0 Å². The van der Waals surface area contributed by atoms with E-state index >= 15 is 0 Å². The normalized spacial score (nSPS) is 14.0. The van der Waals surface area contributed by atoms with Gasteiger partial charge in [-0.2, -0.15) is 0 Å². The van der Waals surface area contributed by atoms with Gasteiger partial charge in [0.05, 0.1) is 0 Å². The molecule has 0 aliphatic rings. The largest absolute Gasteiger partial charge is 0.594 e. The summed E-state index contributed by atoms with van der Waals surface area (Å²) < 4.78 is 54.5. The Hall–Kier alpha value is 0.180. The zero-order chi connectivity index (χ0) is 26.6. The summed E-state index contributed by atoms with van der Waals surface area (Å²) >= 11 is 0. The molecule has 18 heteroatoms. The Kier molecular flexibility index (Phi) is 22.3. The fourth-order valence-corrected chi connectivity index (χ4v) is 6.69. The van der Waals surface area contributed by atoms with Crippen LogP contribution in [0.15, 0.2) is 0 Å². The van der Waals surface area contributed by atoms with Gasteiger partial charge >= 0.3 is 40.1 Å². The summed E-state index contributed by atoms with van der Waals surface area (Å²) in [6, 6.07) is 0. The zero-order valence-corrected chi connectivity index (χ0v) is 24.2. The van der Waals surface area contributed by atoms with E-state index in [4.69, 9.17) is 0 Å². The highest BCUT2D eigenvalue weighted by molar-refractivity contribution is 7.37. The lowest BCUT2D eigenvalue weighted by Crippen LogP contribution is -2.28. The second-order valence-electron chi connectivity index (χ2n) is 8.11. The van der Waals surface area contributed by atoms with Crippen LogP contribution in [0.5, 0.6) is 0 Å². The molecule has 0 aromatic rings. The molecule has 0 fully saturated rings. The molecule has 13 nitrogen and oxygen atoms in total. The van der Waals surface area contributed by atoms with Crippen LogP contribution < -0.4 is 24.5 Å². The summed E-state index contributed by atoms with van der Waals surface area (Å²) in [5, 5.41) is 0. The first-order valence-corrected chi connectivity index (χ1v) is 18.1. The minimum Gasteiger partial charge on any atom is -0.594 e. The van der Waals surface area contributed by atoms with Crippen LogP contribution >= 0.6 is 40.1 Å². The molecule has 202 valence electrons. The number of hydrogen-bond donors (Lipinski definition) is 0. The summed E-state index contributed by atoms with van der Waals surface area (Å²) in [6.45, 7) is 1.90. The molecular formula is C17H34N3O10P5. The molecule has 0 aliphatic heterocycles. The average Bonchev–Trinajstić information content (AvgIpc) is 2.70. The molecule has 0 saturated heterocycles. The Balaban J connectivity index is 4.15. The zero-order valence-electron chi connectivity index (χ0n) is 19.7. The quantitative estimate of drug-likeness (QED) is 0.109. The molecule has 0 aromatic heterocycles. The van der Waals surface area contributed by atoms with Crippen LogP contribution in [0.4, 0.5) is 0 Å². The Morgan fingerprint density at radius 2 is 0.543 bits per heavy atom. The van der Waals surface area contributed by atoms with E-state index in [1.165, 1.54) is 9.80 Å². The maximum Gasteiger partial charge on any atom is 0.325 e. The first-order chi connectivity index (χ1) is 16.5. The van der Waals surface area contributed by atoms with E-state index in [0.29, 0.717) is 39.0 Å². The monoisotopic (exact) mass is 595 g/mol. The van der Waals surface area contributed by atoms with Gasteiger partial charge in [-0.25, -0.2) is 9.80 Å². The van der Waals surface area contributed by atoms with Gasteiger partial charge in [-0.3, -0.25) is 4.90 Å². The smallest absolute Gasteiger partial charge is 0.325 e. The third-order valence-electron chi connectivity index (χ3n) is 4.97. The fraction of sp³-hybridized carbons (Fsp3) is 1.00. The molecule has 0 heterocycles. The Morgan fingerprint density at radius 3 is 0.771 bits per heavy atom. The number of hydrogen-bond acceptors (Lipinski definition) is 13. The van der Waals surface area contributed by atoms with E-state index in [9.17, 15) is 47.3 Å². The third-order valence-corrected chi connectivity index (χ3v) is 8.13. The van der Waals surface area contributed by atoms with Gasteiger partial charge in [0.1, 0.15) is 0 Å². The predicted octanol–water partition coefficient (Wildman–Crippen LogP) is 0.314. The molecule has 0 aromatic carbocycles. The van der Waals surface area contributed by atoms with Gasteiger partial charge in [0.15, 0.2) is 31.4 Å². The van der Waals surface area contributed by atoms with Crippen molar-refractivity contribution in [3.05, 3.63) is 0 Å². The highest BCUT2D eigenvalue weighted by Gasteiger charge is 2.19. The molecule has 0 spiro atoms. The molecule has 0 N–H and O–H groups in total. The SMILES string of the molecule is O=[P+]([O-])CN(CCCCCCN(C[P+](=O)[O-])C[P+](=O)[O-])CCCCCCN(C[P+](=O)[O-])C[P+](=O)[O-]. The van der Waals surface area contributed by atoms with Crippen molar-refractivity contribution in [3.63, 3.8) is 0 Å². The van der Waals surface area contributed by atoms with Crippen LogP contribution in [-0.4, -0.2) is 72.3 Å². The molecule has 0 saturated carbocycles. The standard InChI is InChI=1S/C17H34N3O10P5/c21-31(22)13-18(9-5-1-3-7-11-19(14-32(23)24)15-33(25)26)10-6-2-4-8-12-20(16-34(27)28)17-35(29)30/h1-17H2. The van der Waals surface area contributed by atoms with Crippen molar-refractivity contribution in [2.24, 2.45) is 0 Å². The van der Waals surface area contributed by atoms with Crippen molar-refractivity contribution >= 4 is 40.1 Å². The predicted molar refractivity (Wildman–Crippen MR) is 124 cm³/mol. The Labute approximate surface area is 211 Å². The van der Waals surface area contributed by atoms with Crippen molar-refractivity contribution in [1.29, 1.82) is 0 Å². The van der Waals surface area contributed by atoms with Crippen molar-refractivity contribution in [2.45, 2.75) is 51.4 Å². The highest BCUT2D eigenvalue weighted by atomic mass is 31.1. The van der Waals surface area contributed by atoms with Crippen molar-refractivity contribution in [1.82, 2.24) is 14.7 Å². The van der Waals surface area contributed by atoms with Crippen LogP contribution in [0, 0.1) is 0 Å². The fourth-order valence-electron chi connectivity index (χ4n) is 3.49. The highest BCUT2D eigenvalue weighted by Crippen LogP contribution is 2.19. The molecule has 0 radical (unpaired) electrons. The molecule has 0 rings (SSSR count). The van der Waals surface area contributed by atoms with E-state index < -0.39 is 40.1 Å². The minimum atomic E-state index is -2.69. The summed E-state index contributed by atoms with van der Waals surface area (Å²) in [6.07, 6.45) is 4.69. The summed E-state index contributed by atoms with van der Waals surface area (Å²) in [5.74, 6) is 0. The van der Waals surface area contributed by atoms with Crippen LogP contribution in [-0.2, 0) is 22.8 Å². The lowest BCUT2D eigenvalue weighted by atomic mass is 10.1. The van der Waals surface area contributed by atoms with Gasteiger partial charge in [0.2, 0.25) is 0 Å². The van der Waals surface area contributed by atoms with Crippen molar-refractivity contribution in [2.75, 3.05) is 57.6 Å². The van der Waals surface area contributed by atoms with Crippen LogP contribution in [0.3, 0.4) is 0 Å².